The Bertz CT molecular complexity index is 868. The molecule has 0 saturated heterocycles. The van der Waals surface area contributed by atoms with Gasteiger partial charge < -0.3 is 0 Å². The molecule has 0 unspecified atom stereocenters. The Morgan fingerprint density at radius 1 is 0.875 bits per heavy atom. The summed E-state index contributed by atoms with van der Waals surface area (Å²) >= 11 is 5.59. The van der Waals surface area contributed by atoms with Gasteiger partial charge >= 0.3 is 0 Å². The van der Waals surface area contributed by atoms with Crippen molar-refractivity contribution in [1.82, 2.24) is 0 Å². The Morgan fingerprint density at radius 2 is 1.58 bits per heavy atom. The molecule has 0 bridgehead atoms. The van der Waals surface area contributed by atoms with E-state index in [1.807, 2.05) is 30.3 Å². The molecule has 0 aliphatic carbocycles. The number of rotatable bonds is 4. The van der Waals surface area contributed by atoms with Crippen LogP contribution in [-0.2, 0) is 6.42 Å². The Hall–Kier alpha value is -2.56. The summed E-state index contributed by atoms with van der Waals surface area (Å²) in [5.41, 5.74) is 6.46. The van der Waals surface area contributed by atoms with Gasteiger partial charge in [0.1, 0.15) is 0 Å². The summed E-state index contributed by atoms with van der Waals surface area (Å²) in [7, 11) is 0. The zero-order valence-corrected chi connectivity index (χ0v) is 14.6. The van der Waals surface area contributed by atoms with Gasteiger partial charge in [-0.25, -0.2) is 0 Å². The normalized spacial score (nSPS) is 10.3. The summed E-state index contributed by atoms with van der Waals surface area (Å²) in [6.45, 7) is 2.19. The van der Waals surface area contributed by atoms with Crippen LogP contribution in [0.25, 0.3) is 22.3 Å². The molecule has 0 N–H and O–H groups in total. The van der Waals surface area contributed by atoms with E-state index in [0.29, 0.717) is 0 Å². The van der Waals surface area contributed by atoms with Crippen LogP contribution in [0.4, 0.5) is 0 Å². The molecule has 0 aliphatic rings. The highest BCUT2D eigenvalue weighted by atomic mass is 32.1. The second-order valence-electron chi connectivity index (χ2n) is 5.82. The molecule has 0 atom stereocenters. The van der Waals surface area contributed by atoms with Crippen LogP contribution < -0.4 is 0 Å². The first-order valence-corrected chi connectivity index (χ1v) is 8.60. The topological polar surface area (TPSA) is 0 Å². The molecule has 0 fully saturated rings. The highest BCUT2D eigenvalue weighted by Crippen LogP contribution is 2.36. The first-order chi connectivity index (χ1) is 11.7. The lowest BCUT2D eigenvalue weighted by atomic mass is 9.91. The third-order valence-corrected chi connectivity index (χ3v) is 4.52. The highest BCUT2D eigenvalue weighted by Gasteiger charge is 2.14. The first-order valence-electron chi connectivity index (χ1n) is 8.20. The maximum absolute atomic E-state index is 5.88. The van der Waals surface area contributed by atoms with Crippen LogP contribution in [0, 0.1) is 12.3 Å². The van der Waals surface area contributed by atoms with E-state index in [2.05, 4.69) is 49.2 Å². The summed E-state index contributed by atoms with van der Waals surface area (Å²) in [6, 6.07) is 22.8. The molecule has 1 heteroatoms. The molecule has 0 spiro atoms. The van der Waals surface area contributed by atoms with Crippen molar-refractivity contribution in [1.29, 1.82) is 0 Å². The second-order valence-corrected chi connectivity index (χ2v) is 6.26. The Balaban J connectivity index is 2.15. The summed E-state index contributed by atoms with van der Waals surface area (Å²) in [6.07, 6.45) is 8.11. The fourth-order valence-corrected chi connectivity index (χ4v) is 3.29. The van der Waals surface area contributed by atoms with E-state index in [0.717, 1.165) is 45.6 Å². The van der Waals surface area contributed by atoms with Gasteiger partial charge in [0, 0.05) is 16.0 Å². The Labute approximate surface area is 150 Å². The van der Waals surface area contributed by atoms with Crippen molar-refractivity contribution in [3.05, 3.63) is 77.9 Å². The zero-order valence-electron chi connectivity index (χ0n) is 13.8. The summed E-state index contributed by atoms with van der Waals surface area (Å²) in [5, 5.41) is 0. The number of terminal acetylenes is 1. The zero-order chi connectivity index (χ0) is 16.9. The summed E-state index contributed by atoms with van der Waals surface area (Å²) in [4.78, 5) is 0.797. The molecule has 24 heavy (non-hydrogen) atoms. The van der Waals surface area contributed by atoms with Gasteiger partial charge in [-0.3, -0.25) is 0 Å². The average Bonchev–Trinajstić information content (AvgIpc) is 2.63. The van der Waals surface area contributed by atoms with Crippen molar-refractivity contribution in [2.75, 3.05) is 0 Å². The van der Waals surface area contributed by atoms with Crippen LogP contribution in [0.3, 0.4) is 0 Å². The van der Waals surface area contributed by atoms with Crippen LogP contribution in [0.5, 0.6) is 0 Å². The quantitative estimate of drug-likeness (QED) is 0.479. The van der Waals surface area contributed by atoms with Gasteiger partial charge in [0.15, 0.2) is 0 Å². The van der Waals surface area contributed by atoms with E-state index in [9.17, 15) is 0 Å². The van der Waals surface area contributed by atoms with E-state index in [1.165, 1.54) is 5.56 Å². The van der Waals surface area contributed by atoms with Gasteiger partial charge in [-0.05, 0) is 34.7 Å². The molecule has 0 saturated carbocycles. The first kappa shape index (κ1) is 16.3. The molecular weight excluding hydrogens is 308 g/mol. The molecule has 0 aromatic heterocycles. The smallest absolute Gasteiger partial charge is 0.0468 e. The number of hydrogen-bond acceptors (Lipinski definition) is 0. The molecule has 3 aromatic carbocycles. The van der Waals surface area contributed by atoms with Crippen LogP contribution in [0.15, 0.2) is 71.6 Å². The van der Waals surface area contributed by atoms with Crippen molar-refractivity contribution in [2.45, 2.75) is 24.7 Å². The molecule has 0 nitrogen and oxygen atoms in total. The van der Waals surface area contributed by atoms with E-state index >= 15 is 0 Å². The number of benzene rings is 3. The van der Waals surface area contributed by atoms with Crippen molar-refractivity contribution in [3.63, 3.8) is 0 Å². The van der Waals surface area contributed by atoms with Gasteiger partial charge in [-0.2, -0.15) is 0 Å². The standard InChI is InChI=1S/C23H19S/c1-3-8-17-11-13-19(14-12-17)23-20(4-2)21(15-16-22(23)24)18-9-6-5-7-10-18/h2,5-7,9-16H,3,8H2,1H3. The van der Waals surface area contributed by atoms with E-state index in [1.54, 1.807) is 0 Å². The predicted octanol–water partition coefficient (Wildman–Crippen LogP) is 6.51. The Kier molecular flexibility index (Phi) is 4.99. The van der Waals surface area contributed by atoms with Gasteiger partial charge in [-0.1, -0.05) is 92.6 Å². The van der Waals surface area contributed by atoms with Gasteiger partial charge in [0.05, 0.1) is 0 Å². The SMILES string of the molecule is C#Cc1c(-c2ccccc2)ccc([S])c1-c1ccc(CCC)cc1. The van der Waals surface area contributed by atoms with Crippen molar-refractivity contribution in [3.8, 4) is 34.6 Å². The molecule has 3 aromatic rings. The monoisotopic (exact) mass is 327 g/mol. The molecule has 3 rings (SSSR count). The van der Waals surface area contributed by atoms with Crippen molar-refractivity contribution < 1.29 is 0 Å². The molecule has 0 amide bonds. The predicted molar refractivity (Wildman–Crippen MR) is 105 cm³/mol. The van der Waals surface area contributed by atoms with E-state index in [4.69, 9.17) is 19.1 Å². The van der Waals surface area contributed by atoms with E-state index in [-0.39, 0.29) is 0 Å². The summed E-state index contributed by atoms with van der Waals surface area (Å²) in [5.74, 6) is 2.88. The summed E-state index contributed by atoms with van der Waals surface area (Å²) < 4.78 is 0. The van der Waals surface area contributed by atoms with Crippen LogP contribution in [-0.4, -0.2) is 0 Å². The fraction of sp³-hybridized carbons (Fsp3) is 0.130. The van der Waals surface area contributed by atoms with Crippen LogP contribution in [0.1, 0.15) is 24.5 Å². The second kappa shape index (κ2) is 7.34. The van der Waals surface area contributed by atoms with Crippen molar-refractivity contribution >= 4 is 12.6 Å². The van der Waals surface area contributed by atoms with Gasteiger partial charge in [-0.15, -0.1) is 6.42 Å². The van der Waals surface area contributed by atoms with E-state index < -0.39 is 0 Å². The minimum absolute atomic E-state index is 0.797. The fourth-order valence-electron chi connectivity index (χ4n) is 3.01. The number of hydrogen-bond donors (Lipinski definition) is 0. The minimum atomic E-state index is 0.797. The maximum Gasteiger partial charge on any atom is 0.0468 e. The average molecular weight is 327 g/mol. The number of aryl methyl sites for hydroxylation is 1. The molecule has 0 heterocycles. The highest BCUT2D eigenvalue weighted by molar-refractivity contribution is 7.80. The van der Waals surface area contributed by atoms with Crippen molar-refractivity contribution in [2.24, 2.45) is 0 Å². The maximum atomic E-state index is 5.88. The largest absolute Gasteiger partial charge is 0.115 e. The minimum Gasteiger partial charge on any atom is -0.115 e. The Morgan fingerprint density at radius 3 is 2.21 bits per heavy atom. The lowest BCUT2D eigenvalue weighted by Crippen LogP contribution is -1.92. The molecule has 117 valence electrons. The molecule has 0 aliphatic heterocycles. The van der Waals surface area contributed by atoms with Crippen LogP contribution >= 0.6 is 12.6 Å². The lowest BCUT2D eigenvalue weighted by Gasteiger charge is -2.14. The van der Waals surface area contributed by atoms with Gasteiger partial charge in [0.25, 0.3) is 0 Å². The lowest BCUT2D eigenvalue weighted by molar-refractivity contribution is 0.922. The molecule has 1 radical (unpaired) electrons. The molecular formula is C23H19S. The van der Waals surface area contributed by atoms with Crippen LogP contribution in [0.2, 0.25) is 0 Å². The third kappa shape index (κ3) is 3.20. The van der Waals surface area contributed by atoms with Gasteiger partial charge in [0.2, 0.25) is 0 Å². The third-order valence-electron chi connectivity index (χ3n) is 4.18.